The molecule has 2 fully saturated rings. The van der Waals surface area contributed by atoms with Gasteiger partial charge in [0.1, 0.15) is 6.04 Å². The van der Waals surface area contributed by atoms with Gasteiger partial charge in [-0.05, 0) is 31.6 Å². The van der Waals surface area contributed by atoms with Gasteiger partial charge >= 0.3 is 12.0 Å². The second kappa shape index (κ2) is 5.46. The highest BCUT2D eigenvalue weighted by Crippen LogP contribution is 2.40. The van der Waals surface area contributed by atoms with Crippen molar-refractivity contribution in [3.05, 3.63) is 12.2 Å². The number of urea groups is 1. The van der Waals surface area contributed by atoms with Gasteiger partial charge < -0.3 is 14.9 Å². The highest BCUT2D eigenvalue weighted by atomic mass is 16.4. The predicted octanol–water partition coefficient (Wildman–Crippen LogP) is 2.09. The van der Waals surface area contributed by atoms with E-state index in [1.54, 1.807) is 9.80 Å². The van der Waals surface area contributed by atoms with E-state index in [1.165, 1.54) is 6.42 Å². The molecule has 5 heteroatoms. The number of aliphatic carboxylic acids is 1. The number of carboxylic acid groups (broad SMARTS) is 1. The number of rotatable bonds is 1. The molecule has 0 bridgehead atoms. The summed E-state index contributed by atoms with van der Waals surface area (Å²) in [6.45, 7) is 1.31. The van der Waals surface area contributed by atoms with Crippen LogP contribution < -0.4 is 0 Å². The molecule has 3 rings (SSSR count). The molecule has 2 amide bonds. The van der Waals surface area contributed by atoms with Crippen LogP contribution >= 0.6 is 0 Å². The van der Waals surface area contributed by atoms with Gasteiger partial charge in [-0.3, -0.25) is 0 Å². The Morgan fingerprint density at radius 2 is 1.95 bits per heavy atom. The van der Waals surface area contributed by atoms with Gasteiger partial charge in [0.25, 0.3) is 0 Å². The van der Waals surface area contributed by atoms with Gasteiger partial charge in [-0.1, -0.05) is 25.0 Å². The van der Waals surface area contributed by atoms with Crippen molar-refractivity contribution >= 4 is 12.0 Å². The molecule has 0 radical (unpaired) electrons. The van der Waals surface area contributed by atoms with E-state index >= 15 is 0 Å². The number of hydrogen-bond acceptors (Lipinski definition) is 2. The van der Waals surface area contributed by atoms with E-state index in [0.717, 1.165) is 25.7 Å². The van der Waals surface area contributed by atoms with E-state index < -0.39 is 12.0 Å². The van der Waals surface area contributed by atoms with Crippen molar-refractivity contribution in [2.45, 2.75) is 50.6 Å². The largest absolute Gasteiger partial charge is 0.480 e. The quantitative estimate of drug-likeness (QED) is 0.747. The Morgan fingerprint density at radius 3 is 2.65 bits per heavy atom. The van der Waals surface area contributed by atoms with Crippen LogP contribution in [-0.2, 0) is 4.79 Å². The normalized spacial score (nSPS) is 33.1. The molecule has 3 aliphatic rings. The highest BCUT2D eigenvalue weighted by Gasteiger charge is 2.48. The summed E-state index contributed by atoms with van der Waals surface area (Å²) in [6.07, 6.45) is 9.87. The number of amides is 2. The number of hydrogen-bond donors (Lipinski definition) is 1. The smallest absolute Gasteiger partial charge is 0.326 e. The van der Waals surface area contributed by atoms with Gasteiger partial charge in [0.15, 0.2) is 0 Å². The SMILES string of the molecule is O=C(O)C1CC2CCCCC2N1C(=O)N1CC=CCC1. The molecule has 3 atom stereocenters. The Labute approximate surface area is 119 Å². The molecular formula is C15H22N2O3. The third-order valence-electron chi connectivity index (χ3n) is 4.92. The summed E-state index contributed by atoms with van der Waals surface area (Å²) < 4.78 is 0. The lowest BCUT2D eigenvalue weighted by Gasteiger charge is -2.37. The van der Waals surface area contributed by atoms with Crippen molar-refractivity contribution in [3.63, 3.8) is 0 Å². The molecule has 2 heterocycles. The molecule has 1 saturated heterocycles. The van der Waals surface area contributed by atoms with Crippen LogP contribution in [0.5, 0.6) is 0 Å². The summed E-state index contributed by atoms with van der Waals surface area (Å²) in [4.78, 5) is 27.7. The molecule has 1 N–H and O–H groups in total. The maximum absolute atomic E-state index is 12.7. The van der Waals surface area contributed by atoms with E-state index in [1.807, 2.05) is 6.08 Å². The Balaban J connectivity index is 1.81. The van der Waals surface area contributed by atoms with E-state index in [2.05, 4.69) is 6.08 Å². The zero-order valence-electron chi connectivity index (χ0n) is 11.7. The molecule has 3 unspecified atom stereocenters. The maximum atomic E-state index is 12.7. The number of nitrogens with zero attached hydrogens (tertiary/aromatic N) is 2. The van der Waals surface area contributed by atoms with Crippen molar-refractivity contribution in [3.8, 4) is 0 Å². The van der Waals surface area contributed by atoms with Gasteiger partial charge in [0.05, 0.1) is 0 Å². The van der Waals surface area contributed by atoms with E-state index in [9.17, 15) is 14.7 Å². The van der Waals surface area contributed by atoms with Crippen molar-refractivity contribution in [1.82, 2.24) is 9.80 Å². The van der Waals surface area contributed by atoms with Crippen LogP contribution in [0.15, 0.2) is 12.2 Å². The van der Waals surface area contributed by atoms with Crippen molar-refractivity contribution in [2.75, 3.05) is 13.1 Å². The fourth-order valence-corrected chi connectivity index (χ4v) is 3.93. The van der Waals surface area contributed by atoms with Crippen LogP contribution in [0, 0.1) is 5.92 Å². The second-order valence-corrected chi connectivity index (χ2v) is 6.10. The van der Waals surface area contributed by atoms with E-state index in [4.69, 9.17) is 0 Å². The molecular weight excluding hydrogens is 256 g/mol. The van der Waals surface area contributed by atoms with Crippen LogP contribution in [0.2, 0.25) is 0 Å². The summed E-state index contributed by atoms with van der Waals surface area (Å²) in [7, 11) is 0. The first-order chi connectivity index (χ1) is 9.68. The lowest BCUT2D eigenvalue weighted by molar-refractivity contribution is -0.141. The first-order valence-corrected chi connectivity index (χ1v) is 7.63. The fourth-order valence-electron chi connectivity index (χ4n) is 3.93. The lowest BCUT2D eigenvalue weighted by atomic mass is 9.85. The monoisotopic (exact) mass is 278 g/mol. The molecule has 0 aromatic heterocycles. The Hall–Kier alpha value is -1.52. The molecule has 110 valence electrons. The molecule has 0 aromatic rings. The van der Waals surface area contributed by atoms with Crippen LogP contribution in [0.1, 0.15) is 38.5 Å². The molecule has 0 spiro atoms. The average Bonchev–Trinajstić information content (AvgIpc) is 2.87. The number of carboxylic acids is 1. The van der Waals surface area contributed by atoms with Crippen LogP contribution in [0.25, 0.3) is 0 Å². The van der Waals surface area contributed by atoms with Gasteiger partial charge in [-0.25, -0.2) is 9.59 Å². The minimum Gasteiger partial charge on any atom is -0.480 e. The number of likely N-dealkylation sites (tertiary alicyclic amines) is 1. The second-order valence-electron chi connectivity index (χ2n) is 6.10. The van der Waals surface area contributed by atoms with Gasteiger partial charge in [0, 0.05) is 19.1 Å². The Bertz CT molecular complexity index is 435. The van der Waals surface area contributed by atoms with E-state index in [-0.39, 0.29) is 12.1 Å². The summed E-state index contributed by atoms with van der Waals surface area (Å²) in [5, 5.41) is 9.45. The molecule has 0 aromatic carbocycles. The van der Waals surface area contributed by atoms with E-state index in [0.29, 0.717) is 25.4 Å². The molecule has 5 nitrogen and oxygen atoms in total. The Kier molecular flexibility index (Phi) is 3.68. The van der Waals surface area contributed by atoms with Crippen LogP contribution in [0.3, 0.4) is 0 Å². The average molecular weight is 278 g/mol. The molecule has 2 aliphatic heterocycles. The van der Waals surface area contributed by atoms with Crippen LogP contribution in [-0.4, -0.2) is 52.1 Å². The van der Waals surface area contributed by atoms with Crippen molar-refractivity contribution in [1.29, 1.82) is 0 Å². The summed E-state index contributed by atoms with van der Waals surface area (Å²) >= 11 is 0. The Morgan fingerprint density at radius 1 is 1.15 bits per heavy atom. The van der Waals surface area contributed by atoms with Crippen molar-refractivity contribution in [2.24, 2.45) is 5.92 Å². The molecule has 1 saturated carbocycles. The van der Waals surface area contributed by atoms with Gasteiger partial charge in [0.2, 0.25) is 0 Å². The zero-order valence-corrected chi connectivity index (χ0v) is 11.7. The first kappa shape index (κ1) is 13.5. The highest BCUT2D eigenvalue weighted by molar-refractivity contribution is 5.84. The molecule has 20 heavy (non-hydrogen) atoms. The van der Waals surface area contributed by atoms with Gasteiger partial charge in [-0.2, -0.15) is 0 Å². The maximum Gasteiger partial charge on any atom is 0.326 e. The van der Waals surface area contributed by atoms with Crippen molar-refractivity contribution < 1.29 is 14.7 Å². The summed E-state index contributed by atoms with van der Waals surface area (Å²) in [5.74, 6) is -0.463. The first-order valence-electron chi connectivity index (χ1n) is 7.63. The summed E-state index contributed by atoms with van der Waals surface area (Å²) in [6, 6.07) is -0.555. The minimum absolute atomic E-state index is 0.0730. The third kappa shape index (κ3) is 2.30. The topological polar surface area (TPSA) is 60.9 Å². The predicted molar refractivity (Wildman–Crippen MR) is 74.4 cm³/mol. The zero-order chi connectivity index (χ0) is 14.1. The van der Waals surface area contributed by atoms with Crippen LogP contribution in [0.4, 0.5) is 4.79 Å². The number of carbonyl (C=O) groups excluding carboxylic acids is 1. The fraction of sp³-hybridized carbons (Fsp3) is 0.733. The number of carbonyl (C=O) groups is 2. The van der Waals surface area contributed by atoms with Gasteiger partial charge in [-0.15, -0.1) is 0 Å². The number of fused-ring (bicyclic) bond motifs is 1. The lowest BCUT2D eigenvalue weighted by Crippen LogP contribution is -2.52. The third-order valence-corrected chi connectivity index (χ3v) is 4.92. The minimum atomic E-state index is -0.847. The molecule has 1 aliphatic carbocycles. The summed E-state index contributed by atoms with van der Waals surface area (Å²) in [5.41, 5.74) is 0. The standard InChI is InChI=1S/C15H22N2O3/c18-14(19)13-10-11-6-2-3-7-12(11)17(13)15(20)16-8-4-1-5-9-16/h1,4,11-13H,2-3,5-10H2,(H,18,19).